The normalized spacial score (nSPS) is 10.7. The average Bonchev–Trinajstić information content (AvgIpc) is 3.15. The van der Waals surface area contributed by atoms with Crippen LogP contribution in [-0.2, 0) is 19.5 Å². The number of carbonyl (C=O) groups excluding carboxylic acids is 1. The fourth-order valence-corrected chi connectivity index (χ4v) is 2.68. The molecule has 3 aromatic rings. The summed E-state index contributed by atoms with van der Waals surface area (Å²) < 4.78 is 14.6. The van der Waals surface area contributed by atoms with Crippen molar-refractivity contribution in [3.05, 3.63) is 77.6 Å². The van der Waals surface area contributed by atoms with Gasteiger partial charge in [-0.05, 0) is 35.7 Å². The lowest BCUT2D eigenvalue weighted by Gasteiger charge is -2.21. The van der Waals surface area contributed by atoms with Crippen molar-refractivity contribution in [1.82, 2.24) is 24.9 Å². The lowest BCUT2D eigenvalue weighted by Crippen LogP contribution is -2.33. The zero-order chi connectivity index (χ0) is 19.1. The first-order valence-corrected chi connectivity index (χ1v) is 8.68. The first kappa shape index (κ1) is 18.7. The molecule has 0 saturated carbocycles. The van der Waals surface area contributed by atoms with Crippen LogP contribution in [0.5, 0.6) is 0 Å². The Morgan fingerprint density at radius 2 is 2.00 bits per heavy atom. The third-order valence-corrected chi connectivity index (χ3v) is 4.08. The minimum Gasteiger partial charge on any atom is -0.332 e. The SMILES string of the molecule is NCCn1cc(C(=O)N(CCc2ccc(F)cc2)Cc2cccnc2)nn1. The van der Waals surface area contributed by atoms with Crippen LogP contribution in [0.3, 0.4) is 0 Å². The van der Waals surface area contributed by atoms with E-state index in [0.717, 1.165) is 11.1 Å². The smallest absolute Gasteiger partial charge is 0.276 e. The van der Waals surface area contributed by atoms with Crippen LogP contribution in [0.25, 0.3) is 0 Å². The summed E-state index contributed by atoms with van der Waals surface area (Å²) in [6, 6.07) is 10.0. The van der Waals surface area contributed by atoms with Gasteiger partial charge < -0.3 is 10.6 Å². The molecule has 0 unspecified atom stereocenters. The third kappa shape index (κ3) is 5.18. The second-order valence-electron chi connectivity index (χ2n) is 6.12. The Labute approximate surface area is 156 Å². The average molecular weight is 368 g/mol. The number of hydrogen-bond donors (Lipinski definition) is 1. The molecule has 1 amide bonds. The van der Waals surface area contributed by atoms with Crippen LogP contribution >= 0.6 is 0 Å². The number of benzene rings is 1. The maximum atomic E-state index is 13.1. The van der Waals surface area contributed by atoms with E-state index in [9.17, 15) is 9.18 Å². The van der Waals surface area contributed by atoms with Crippen LogP contribution < -0.4 is 5.73 Å². The first-order chi connectivity index (χ1) is 13.2. The Bertz CT molecular complexity index is 865. The van der Waals surface area contributed by atoms with E-state index in [-0.39, 0.29) is 17.4 Å². The summed E-state index contributed by atoms with van der Waals surface area (Å²) in [5, 5.41) is 7.89. The number of rotatable bonds is 8. The van der Waals surface area contributed by atoms with Crippen molar-refractivity contribution in [2.75, 3.05) is 13.1 Å². The van der Waals surface area contributed by atoms with Crippen LogP contribution in [0.2, 0.25) is 0 Å². The summed E-state index contributed by atoms with van der Waals surface area (Å²) in [5.41, 5.74) is 7.65. The number of nitrogens with two attached hydrogens (primary N) is 1. The standard InChI is InChI=1S/C19H21FN6O/c20-17-5-3-15(4-6-17)7-10-25(13-16-2-1-9-22-12-16)19(27)18-14-26(11-8-21)24-23-18/h1-6,9,12,14H,7-8,10-11,13,21H2. The van der Waals surface area contributed by atoms with Gasteiger partial charge in [-0.15, -0.1) is 5.10 Å². The Morgan fingerprint density at radius 3 is 2.70 bits per heavy atom. The van der Waals surface area contributed by atoms with Gasteiger partial charge in [-0.3, -0.25) is 14.5 Å². The van der Waals surface area contributed by atoms with Crippen LogP contribution in [-0.4, -0.2) is 43.9 Å². The number of halogens is 1. The molecule has 2 heterocycles. The molecule has 0 aliphatic heterocycles. The van der Waals surface area contributed by atoms with Gasteiger partial charge in [0.15, 0.2) is 5.69 Å². The first-order valence-electron chi connectivity index (χ1n) is 8.68. The fourth-order valence-electron chi connectivity index (χ4n) is 2.68. The van der Waals surface area contributed by atoms with E-state index in [0.29, 0.717) is 32.6 Å². The van der Waals surface area contributed by atoms with Gasteiger partial charge >= 0.3 is 0 Å². The van der Waals surface area contributed by atoms with Crippen LogP contribution in [0.15, 0.2) is 55.0 Å². The van der Waals surface area contributed by atoms with Gasteiger partial charge in [0.05, 0.1) is 12.7 Å². The Balaban J connectivity index is 1.75. The minimum absolute atomic E-state index is 0.218. The van der Waals surface area contributed by atoms with Gasteiger partial charge in [0.1, 0.15) is 5.82 Å². The molecular formula is C19H21FN6O. The molecule has 3 rings (SSSR count). The summed E-state index contributed by atoms with van der Waals surface area (Å²) in [6.07, 6.45) is 5.61. The van der Waals surface area contributed by atoms with Crippen molar-refractivity contribution in [3.63, 3.8) is 0 Å². The highest BCUT2D eigenvalue weighted by Crippen LogP contribution is 2.11. The number of aromatic nitrogens is 4. The molecule has 8 heteroatoms. The van der Waals surface area contributed by atoms with E-state index < -0.39 is 0 Å². The van der Waals surface area contributed by atoms with E-state index in [1.54, 1.807) is 40.3 Å². The number of hydrogen-bond acceptors (Lipinski definition) is 5. The van der Waals surface area contributed by atoms with E-state index in [2.05, 4.69) is 15.3 Å². The predicted molar refractivity (Wildman–Crippen MR) is 98.2 cm³/mol. The van der Waals surface area contributed by atoms with Gasteiger partial charge in [0.2, 0.25) is 0 Å². The molecule has 0 atom stereocenters. The van der Waals surface area contributed by atoms with Crippen molar-refractivity contribution in [1.29, 1.82) is 0 Å². The molecule has 0 radical (unpaired) electrons. The highest BCUT2D eigenvalue weighted by Gasteiger charge is 2.19. The Kier molecular flexibility index (Phi) is 6.22. The Morgan fingerprint density at radius 1 is 1.19 bits per heavy atom. The highest BCUT2D eigenvalue weighted by molar-refractivity contribution is 5.91. The molecule has 0 spiro atoms. The summed E-state index contributed by atoms with van der Waals surface area (Å²) in [4.78, 5) is 18.7. The van der Waals surface area contributed by atoms with Crippen LogP contribution in [0, 0.1) is 5.82 Å². The highest BCUT2D eigenvalue weighted by atomic mass is 19.1. The Hall–Kier alpha value is -3.13. The van der Waals surface area contributed by atoms with Gasteiger partial charge in [-0.1, -0.05) is 23.4 Å². The molecule has 2 N–H and O–H groups in total. The molecule has 1 aromatic carbocycles. The predicted octanol–water partition coefficient (Wildman–Crippen LogP) is 1.66. The van der Waals surface area contributed by atoms with E-state index in [4.69, 9.17) is 5.73 Å². The topological polar surface area (TPSA) is 89.9 Å². The van der Waals surface area contributed by atoms with Crippen LogP contribution in [0.1, 0.15) is 21.6 Å². The van der Waals surface area contributed by atoms with E-state index in [1.165, 1.54) is 12.1 Å². The number of carbonyl (C=O) groups is 1. The molecule has 140 valence electrons. The monoisotopic (exact) mass is 368 g/mol. The summed E-state index contributed by atoms with van der Waals surface area (Å²) >= 11 is 0. The van der Waals surface area contributed by atoms with Crippen molar-refractivity contribution in [3.8, 4) is 0 Å². The maximum absolute atomic E-state index is 13.1. The lowest BCUT2D eigenvalue weighted by atomic mass is 10.1. The number of amides is 1. The van der Waals surface area contributed by atoms with Crippen molar-refractivity contribution in [2.45, 2.75) is 19.5 Å². The minimum atomic E-state index is -0.279. The zero-order valence-corrected chi connectivity index (χ0v) is 14.8. The molecular weight excluding hydrogens is 347 g/mol. The van der Waals surface area contributed by atoms with Crippen molar-refractivity contribution >= 4 is 5.91 Å². The maximum Gasteiger partial charge on any atom is 0.276 e. The van der Waals surface area contributed by atoms with Gasteiger partial charge in [-0.25, -0.2) is 4.39 Å². The molecule has 0 aliphatic rings. The molecule has 2 aromatic heterocycles. The van der Waals surface area contributed by atoms with Gasteiger partial charge in [0, 0.05) is 32.0 Å². The number of nitrogens with zero attached hydrogens (tertiary/aromatic N) is 5. The summed E-state index contributed by atoms with van der Waals surface area (Å²) in [7, 11) is 0. The third-order valence-electron chi connectivity index (χ3n) is 4.08. The second-order valence-corrected chi connectivity index (χ2v) is 6.12. The van der Waals surface area contributed by atoms with E-state index in [1.807, 2.05) is 12.1 Å². The molecule has 27 heavy (non-hydrogen) atoms. The molecule has 0 bridgehead atoms. The summed E-state index contributed by atoms with van der Waals surface area (Å²) in [5.74, 6) is -0.497. The lowest BCUT2D eigenvalue weighted by molar-refractivity contribution is 0.0739. The van der Waals surface area contributed by atoms with Crippen LogP contribution in [0.4, 0.5) is 4.39 Å². The zero-order valence-electron chi connectivity index (χ0n) is 14.8. The van der Waals surface area contributed by atoms with E-state index >= 15 is 0 Å². The van der Waals surface area contributed by atoms with Gasteiger partial charge in [-0.2, -0.15) is 0 Å². The molecule has 0 saturated heterocycles. The second kappa shape index (κ2) is 9.00. The van der Waals surface area contributed by atoms with Gasteiger partial charge in [0.25, 0.3) is 5.91 Å². The molecule has 0 fully saturated rings. The fraction of sp³-hybridized carbons (Fsp3) is 0.263. The van der Waals surface area contributed by atoms with Crippen molar-refractivity contribution in [2.24, 2.45) is 5.73 Å². The number of pyridine rings is 1. The largest absolute Gasteiger partial charge is 0.332 e. The molecule has 0 aliphatic carbocycles. The summed E-state index contributed by atoms with van der Waals surface area (Å²) in [6.45, 7) is 1.78. The quantitative estimate of drug-likeness (QED) is 0.653. The van der Waals surface area contributed by atoms with Crippen molar-refractivity contribution < 1.29 is 9.18 Å². The molecule has 7 nitrogen and oxygen atoms in total.